The molecular weight excluding hydrogens is 202 g/mol. The predicted octanol–water partition coefficient (Wildman–Crippen LogP) is 2.39. The number of carbonyl (C=O) groups excluding carboxylic acids is 2. The topological polar surface area (TPSA) is 37.4 Å². The van der Waals surface area contributed by atoms with Crippen molar-refractivity contribution in [3.05, 3.63) is 0 Å². The number of rotatable bonds is 6. The van der Waals surface area contributed by atoms with Crippen LogP contribution < -0.4 is 0 Å². The van der Waals surface area contributed by atoms with Gasteiger partial charge in [0.2, 0.25) is 5.91 Å². The predicted molar refractivity (Wildman–Crippen MR) is 64.1 cm³/mol. The lowest BCUT2D eigenvalue weighted by molar-refractivity contribution is -0.140. The zero-order chi connectivity index (χ0) is 12.0. The molecule has 1 rings (SSSR count). The molecule has 1 atom stereocenters. The van der Waals surface area contributed by atoms with Gasteiger partial charge in [-0.05, 0) is 12.3 Å². The Morgan fingerprint density at radius 1 is 1.31 bits per heavy atom. The zero-order valence-corrected chi connectivity index (χ0v) is 10.5. The SMILES string of the molecule is CCCCC(CC)CN1CCC(=O)CC1=O. The number of hydrogen-bond donors (Lipinski definition) is 0. The van der Waals surface area contributed by atoms with E-state index >= 15 is 0 Å². The molecule has 1 amide bonds. The van der Waals surface area contributed by atoms with Crippen LogP contribution in [0.15, 0.2) is 0 Å². The Labute approximate surface area is 98.2 Å². The van der Waals surface area contributed by atoms with E-state index in [-0.39, 0.29) is 18.1 Å². The molecule has 1 fully saturated rings. The van der Waals surface area contributed by atoms with Crippen LogP contribution >= 0.6 is 0 Å². The molecule has 0 aromatic rings. The molecule has 3 nitrogen and oxygen atoms in total. The second-order valence-corrected chi connectivity index (χ2v) is 4.72. The zero-order valence-electron chi connectivity index (χ0n) is 10.5. The first kappa shape index (κ1) is 13.2. The molecule has 0 aromatic heterocycles. The van der Waals surface area contributed by atoms with E-state index in [9.17, 15) is 9.59 Å². The number of carbonyl (C=O) groups is 2. The van der Waals surface area contributed by atoms with Gasteiger partial charge in [-0.3, -0.25) is 9.59 Å². The smallest absolute Gasteiger partial charge is 0.230 e. The minimum atomic E-state index is 0.0335. The van der Waals surface area contributed by atoms with Gasteiger partial charge in [0, 0.05) is 19.5 Å². The largest absolute Gasteiger partial charge is 0.342 e. The van der Waals surface area contributed by atoms with Gasteiger partial charge in [0.15, 0.2) is 0 Å². The number of amides is 1. The molecule has 1 heterocycles. The van der Waals surface area contributed by atoms with E-state index in [1.54, 1.807) is 0 Å². The van der Waals surface area contributed by atoms with E-state index in [1.165, 1.54) is 19.3 Å². The van der Waals surface area contributed by atoms with Crippen molar-refractivity contribution in [2.45, 2.75) is 52.4 Å². The number of likely N-dealkylation sites (tertiary alicyclic amines) is 1. The van der Waals surface area contributed by atoms with Crippen LogP contribution in [0.25, 0.3) is 0 Å². The summed E-state index contributed by atoms with van der Waals surface area (Å²) in [7, 11) is 0. The van der Waals surface area contributed by atoms with Crippen molar-refractivity contribution in [3.63, 3.8) is 0 Å². The van der Waals surface area contributed by atoms with Crippen molar-refractivity contribution < 1.29 is 9.59 Å². The van der Waals surface area contributed by atoms with E-state index in [0.29, 0.717) is 18.9 Å². The Bertz CT molecular complexity index is 250. The third-order valence-corrected chi connectivity index (χ3v) is 3.38. The highest BCUT2D eigenvalue weighted by Crippen LogP contribution is 2.17. The first-order chi connectivity index (χ1) is 7.67. The lowest BCUT2D eigenvalue weighted by atomic mass is 9.97. The summed E-state index contributed by atoms with van der Waals surface area (Å²) >= 11 is 0. The summed E-state index contributed by atoms with van der Waals surface area (Å²) in [4.78, 5) is 24.6. The molecule has 0 radical (unpaired) electrons. The van der Waals surface area contributed by atoms with Crippen LogP contribution in [0.3, 0.4) is 0 Å². The minimum absolute atomic E-state index is 0.0335. The van der Waals surface area contributed by atoms with E-state index in [1.807, 2.05) is 4.90 Å². The molecular formula is C13H23NO2. The maximum atomic E-state index is 11.6. The summed E-state index contributed by atoms with van der Waals surface area (Å²) < 4.78 is 0. The lowest BCUT2D eigenvalue weighted by Gasteiger charge is -2.29. The lowest BCUT2D eigenvalue weighted by Crippen LogP contribution is -2.41. The first-order valence-electron chi connectivity index (χ1n) is 6.46. The first-order valence-corrected chi connectivity index (χ1v) is 6.46. The molecule has 1 unspecified atom stereocenters. The fourth-order valence-electron chi connectivity index (χ4n) is 2.18. The normalized spacial score (nSPS) is 19.0. The van der Waals surface area contributed by atoms with Gasteiger partial charge in [-0.1, -0.05) is 33.1 Å². The summed E-state index contributed by atoms with van der Waals surface area (Å²) in [5.41, 5.74) is 0. The van der Waals surface area contributed by atoms with Gasteiger partial charge in [-0.2, -0.15) is 0 Å². The van der Waals surface area contributed by atoms with Gasteiger partial charge in [-0.25, -0.2) is 0 Å². The van der Waals surface area contributed by atoms with Crippen LogP contribution in [0.1, 0.15) is 52.4 Å². The maximum Gasteiger partial charge on any atom is 0.230 e. The highest BCUT2D eigenvalue weighted by molar-refractivity contribution is 6.00. The van der Waals surface area contributed by atoms with E-state index in [0.717, 1.165) is 13.0 Å². The summed E-state index contributed by atoms with van der Waals surface area (Å²) in [6.45, 7) is 5.86. The molecule has 0 aromatic carbocycles. The van der Waals surface area contributed by atoms with Gasteiger partial charge in [0.05, 0.1) is 6.42 Å². The minimum Gasteiger partial charge on any atom is -0.342 e. The number of hydrogen-bond acceptors (Lipinski definition) is 2. The molecule has 16 heavy (non-hydrogen) atoms. The van der Waals surface area contributed by atoms with Crippen LogP contribution in [0.2, 0.25) is 0 Å². The van der Waals surface area contributed by atoms with Crippen LogP contribution in [0.5, 0.6) is 0 Å². The molecule has 0 N–H and O–H groups in total. The number of ketones is 1. The monoisotopic (exact) mass is 225 g/mol. The van der Waals surface area contributed by atoms with Gasteiger partial charge >= 0.3 is 0 Å². The van der Waals surface area contributed by atoms with Gasteiger partial charge < -0.3 is 4.90 Å². The van der Waals surface area contributed by atoms with Crippen LogP contribution in [-0.4, -0.2) is 29.7 Å². The van der Waals surface area contributed by atoms with Crippen molar-refractivity contribution in [2.75, 3.05) is 13.1 Å². The summed E-state index contributed by atoms with van der Waals surface area (Å²) in [5, 5.41) is 0. The van der Waals surface area contributed by atoms with Gasteiger partial charge in [-0.15, -0.1) is 0 Å². The molecule has 92 valence electrons. The Morgan fingerprint density at radius 2 is 2.06 bits per heavy atom. The number of unbranched alkanes of at least 4 members (excludes halogenated alkanes) is 1. The molecule has 0 bridgehead atoms. The Kier molecular flexibility index (Phi) is 5.50. The summed E-state index contributed by atoms with van der Waals surface area (Å²) in [6, 6.07) is 0. The van der Waals surface area contributed by atoms with Crippen LogP contribution in [-0.2, 0) is 9.59 Å². The molecule has 1 aliphatic rings. The molecule has 0 spiro atoms. The molecule has 1 saturated heterocycles. The van der Waals surface area contributed by atoms with E-state index in [2.05, 4.69) is 13.8 Å². The summed E-state index contributed by atoms with van der Waals surface area (Å²) in [6.07, 6.45) is 5.45. The fraction of sp³-hybridized carbons (Fsp3) is 0.846. The van der Waals surface area contributed by atoms with Crippen LogP contribution in [0, 0.1) is 5.92 Å². The Hall–Kier alpha value is -0.860. The van der Waals surface area contributed by atoms with Crippen LogP contribution in [0.4, 0.5) is 0 Å². The Balaban J connectivity index is 2.39. The van der Waals surface area contributed by atoms with E-state index < -0.39 is 0 Å². The fourth-order valence-corrected chi connectivity index (χ4v) is 2.18. The van der Waals surface area contributed by atoms with Gasteiger partial charge in [0.1, 0.15) is 5.78 Å². The molecule has 3 heteroatoms. The van der Waals surface area contributed by atoms with Crippen molar-refractivity contribution in [2.24, 2.45) is 5.92 Å². The third kappa shape index (κ3) is 3.95. The second kappa shape index (κ2) is 6.66. The average molecular weight is 225 g/mol. The number of nitrogens with zero attached hydrogens (tertiary/aromatic N) is 1. The third-order valence-electron chi connectivity index (χ3n) is 3.38. The number of Topliss-reactive ketones (excluding diaryl/α,β-unsaturated/α-hetero) is 1. The molecule has 1 aliphatic heterocycles. The number of piperidine rings is 1. The standard InChI is InChI=1S/C13H23NO2/c1-3-5-6-11(4-2)10-14-8-7-12(15)9-13(14)16/h11H,3-10H2,1-2H3. The van der Waals surface area contributed by atoms with E-state index in [4.69, 9.17) is 0 Å². The van der Waals surface area contributed by atoms with Crippen molar-refractivity contribution in [1.29, 1.82) is 0 Å². The average Bonchev–Trinajstić information content (AvgIpc) is 2.27. The summed E-state index contributed by atoms with van der Waals surface area (Å²) in [5.74, 6) is 0.742. The highest BCUT2D eigenvalue weighted by atomic mass is 16.2. The van der Waals surface area contributed by atoms with Gasteiger partial charge in [0.25, 0.3) is 0 Å². The quantitative estimate of drug-likeness (QED) is 0.651. The molecule has 0 saturated carbocycles. The van der Waals surface area contributed by atoms with Crippen molar-refractivity contribution in [1.82, 2.24) is 4.90 Å². The second-order valence-electron chi connectivity index (χ2n) is 4.72. The molecule has 0 aliphatic carbocycles. The maximum absolute atomic E-state index is 11.6. The van der Waals surface area contributed by atoms with Crippen molar-refractivity contribution >= 4 is 11.7 Å². The highest BCUT2D eigenvalue weighted by Gasteiger charge is 2.25. The Morgan fingerprint density at radius 3 is 2.62 bits per heavy atom. The van der Waals surface area contributed by atoms with Crippen molar-refractivity contribution in [3.8, 4) is 0 Å².